The second-order valence-corrected chi connectivity index (χ2v) is 7.25. The Bertz CT molecular complexity index is 1040. The minimum Gasteiger partial charge on any atom is -0.497 e. The predicted molar refractivity (Wildman–Crippen MR) is 108 cm³/mol. The van der Waals surface area contributed by atoms with Crippen molar-refractivity contribution in [3.8, 4) is 11.5 Å². The van der Waals surface area contributed by atoms with Gasteiger partial charge in [0.15, 0.2) is 0 Å². The smallest absolute Gasteiger partial charge is 0.215 e. The van der Waals surface area contributed by atoms with Crippen LogP contribution in [0.25, 0.3) is 0 Å². The van der Waals surface area contributed by atoms with Gasteiger partial charge in [0, 0.05) is 35.0 Å². The Hall–Kier alpha value is -3.05. The van der Waals surface area contributed by atoms with Gasteiger partial charge in [-0.05, 0) is 54.1 Å². The van der Waals surface area contributed by atoms with E-state index < -0.39 is 0 Å². The molecule has 2 atom stereocenters. The van der Waals surface area contributed by atoms with Crippen molar-refractivity contribution in [2.75, 3.05) is 7.11 Å². The summed E-state index contributed by atoms with van der Waals surface area (Å²) < 4.78 is 11.6. The summed E-state index contributed by atoms with van der Waals surface area (Å²) in [6, 6.07) is 17.7. The van der Waals surface area contributed by atoms with Crippen LogP contribution in [0.1, 0.15) is 35.4 Å². The quantitative estimate of drug-likeness (QED) is 0.631. The lowest BCUT2D eigenvalue weighted by atomic mass is 9.96. The highest BCUT2D eigenvalue weighted by atomic mass is 35.5. The molecular formula is C22H18ClN3O2. The van der Waals surface area contributed by atoms with Crippen molar-refractivity contribution in [3.63, 3.8) is 0 Å². The van der Waals surface area contributed by atoms with E-state index in [1.807, 2.05) is 65.8 Å². The number of rotatable bonds is 3. The highest BCUT2D eigenvalue weighted by molar-refractivity contribution is 6.30. The third kappa shape index (κ3) is 2.88. The molecule has 5 nitrogen and oxygen atoms in total. The number of fused-ring (bicyclic) bond motifs is 3. The van der Waals surface area contributed by atoms with E-state index in [2.05, 4.69) is 4.98 Å². The minimum absolute atomic E-state index is 0.0600. The van der Waals surface area contributed by atoms with Crippen molar-refractivity contribution in [1.82, 2.24) is 9.99 Å². The fraction of sp³-hybridized carbons (Fsp3) is 0.182. The number of hydrazone groups is 1. The summed E-state index contributed by atoms with van der Waals surface area (Å²) in [5, 5.41) is 7.65. The third-order valence-corrected chi connectivity index (χ3v) is 5.38. The highest BCUT2D eigenvalue weighted by Crippen LogP contribution is 2.48. The van der Waals surface area contributed by atoms with Crippen LogP contribution in [0.4, 0.5) is 0 Å². The zero-order chi connectivity index (χ0) is 19.1. The maximum absolute atomic E-state index is 6.31. The van der Waals surface area contributed by atoms with Gasteiger partial charge in [0.05, 0.1) is 18.9 Å². The molecule has 1 aromatic heterocycles. The fourth-order valence-electron chi connectivity index (χ4n) is 3.76. The Kier molecular flexibility index (Phi) is 4.17. The van der Waals surface area contributed by atoms with E-state index in [-0.39, 0.29) is 12.3 Å². The first-order valence-corrected chi connectivity index (χ1v) is 9.47. The van der Waals surface area contributed by atoms with Crippen LogP contribution in [-0.4, -0.2) is 22.8 Å². The summed E-state index contributed by atoms with van der Waals surface area (Å²) >= 11 is 6.27. The van der Waals surface area contributed by atoms with Crippen molar-refractivity contribution in [3.05, 3.63) is 88.7 Å². The zero-order valence-corrected chi connectivity index (χ0v) is 16.0. The molecule has 0 saturated heterocycles. The number of pyridine rings is 1. The summed E-state index contributed by atoms with van der Waals surface area (Å²) in [5.41, 5.74) is 4.11. The van der Waals surface area contributed by atoms with Gasteiger partial charge in [0.1, 0.15) is 11.5 Å². The average molecular weight is 392 g/mol. The van der Waals surface area contributed by atoms with Crippen molar-refractivity contribution < 1.29 is 9.47 Å². The van der Waals surface area contributed by atoms with Crippen LogP contribution >= 0.6 is 11.6 Å². The van der Waals surface area contributed by atoms with Crippen LogP contribution in [0, 0.1) is 0 Å². The second-order valence-electron chi connectivity index (χ2n) is 6.81. The van der Waals surface area contributed by atoms with Crippen molar-refractivity contribution in [2.24, 2.45) is 5.10 Å². The molecule has 28 heavy (non-hydrogen) atoms. The summed E-state index contributed by atoms with van der Waals surface area (Å²) in [4.78, 5) is 4.25. The second kappa shape index (κ2) is 6.84. The first kappa shape index (κ1) is 17.1. The predicted octanol–water partition coefficient (Wildman–Crippen LogP) is 4.99. The summed E-state index contributed by atoms with van der Waals surface area (Å²) in [6.07, 6.45) is 4.03. The number of hydrogen-bond acceptors (Lipinski definition) is 5. The summed E-state index contributed by atoms with van der Waals surface area (Å²) in [5.74, 6) is 1.67. The first-order valence-electron chi connectivity index (χ1n) is 9.09. The number of methoxy groups -OCH3 is 1. The molecule has 0 amide bonds. The molecule has 140 valence electrons. The summed E-state index contributed by atoms with van der Waals surface area (Å²) in [6.45, 7) is 0. The monoisotopic (exact) mass is 391 g/mol. The van der Waals surface area contributed by atoms with Gasteiger partial charge in [-0.1, -0.05) is 17.7 Å². The maximum atomic E-state index is 6.31. The van der Waals surface area contributed by atoms with Gasteiger partial charge in [-0.2, -0.15) is 5.10 Å². The largest absolute Gasteiger partial charge is 0.497 e. The highest BCUT2D eigenvalue weighted by Gasteiger charge is 2.41. The molecular weight excluding hydrogens is 374 g/mol. The molecule has 0 N–H and O–H groups in total. The minimum atomic E-state index is -0.330. The van der Waals surface area contributed by atoms with Gasteiger partial charge in [-0.25, -0.2) is 5.01 Å². The van der Waals surface area contributed by atoms with E-state index in [1.165, 1.54) is 0 Å². The first-order chi connectivity index (χ1) is 13.7. The zero-order valence-electron chi connectivity index (χ0n) is 15.2. The Balaban J connectivity index is 1.57. The van der Waals surface area contributed by atoms with Crippen LogP contribution < -0.4 is 9.47 Å². The number of ether oxygens (including phenoxy) is 2. The number of aromatic nitrogens is 1. The third-order valence-electron chi connectivity index (χ3n) is 5.14. The topological polar surface area (TPSA) is 47.0 Å². The lowest BCUT2D eigenvalue weighted by molar-refractivity contribution is -0.0192. The van der Waals surface area contributed by atoms with E-state index in [1.54, 1.807) is 13.3 Å². The molecule has 0 saturated carbocycles. The van der Waals surface area contributed by atoms with Gasteiger partial charge in [0.2, 0.25) is 6.23 Å². The molecule has 0 aliphatic carbocycles. The molecule has 2 aromatic carbocycles. The van der Waals surface area contributed by atoms with Gasteiger partial charge in [-0.3, -0.25) is 4.98 Å². The number of halogens is 1. The Morgan fingerprint density at radius 2 is 2.00 bits per heavy atom. The standard InChI is InChI=1S/C22H18ClN3O2/c1-27-17-7-4-14(5-8-17)19-12-20-18-11-16(23)6-9-21(18)28-22(26(20)25-19)15-3-2-10-24-13-15/h2-11,13,20,22H,12H2,1H3. The van der Waals surface area contributed by atoms with Crippen LogP contribution in [0.15, 0.2) is 72.1 Å². The maximum Gasteiger partial charge on any atom is 0.215 e. The Morgan fingerprint density at radius 1 is 1.14 bits per heavy atom. The van der Waals surface area contributed by atoms with Crippen molar-refractivity contribution in [1.29, 1.82) is 0 Å². The van der Waals surface area contributed by atoms with Crippen LogP contribution in [-0.2, 0) is 0 Å². The molecule has 2 aliphatic heterocycles. The lowest BCUT2D eigenvalue weighted by Crippen LogP contribution is -2.33. The van der Waals surface area contributed by atoms with Gasteiger partial charge in [-0.15, -0.1) is 0 Å². The van der Waals surface area contributed by atoms with E-state index in [4.69, 9.17) is 26.2 Å². The lowest BCUT2D eigenvalue weighted by Gasteiger charge is -2.38. The molecule has 3 aromatic rings. The van der Waals surface area contributed by atoms with Gasteiger partial charge >= 0.3 is 0 Å². The van der Waals surface area contributed by atoms with E-state index in [9.17, 15) is 0 Å². The molecule has 2 unspecified atom stereocenters. The molecule has 2 aliphatic rings. The SMILES string of the molecule is COc1ccc(C2=NN3C(C2)c2cc(Cl)ccc2OC3c2cccnc2)cc1. The van der Waals surface area contributed by atoms with Crippen LogP contribution in [0.5, 0.6) is 11.5 Å². The summed E-state index contributed by atoms with van der Waals surface area (Å²) in [7, 11) is 1.67. The number of nitrogens with zero attached hydrogens (tertiary/aromatic N) is 3. The van der Waals surface area contributed by atoms with Gasteiger partial charge < -0.3 is 9.47 Å². The number of hydrogen-bond donors (Lipinski definition) is 0. The van der Waals surface area contributed by atoms with Crippen molar-refractivity contribution in [2.45, 2.75) is 18.7 Å². The molecule has 0 spiro atoms. The molecule has 0 fully saturated rings. The van der Waals surface area contributed by atoms with E-state index in [0.717, 1.165) is 40.3 Å². The Morgan fingerprint density at radius 3 is 2.75 bits per heavy atom. The van der Waals surface area contributed by atoms with E-state index >= 15 is 0 Å². The van der Waals surface area contributed by atoms with Crippen LogP contribution in [0.3, 0.4) is 0 Å². The van der Waals surface area contributed by atoms with E-state index in [0.29, 0.717) is 5.02 Å². The molecule has 6 heteroatoms. The molecule has 0 bridgehead atoms. The number of benzene rings is 2. The van der Waals surface area contributed by atoms with Gasteiger partial charge in [0.25, 0.3) is 0 Å². The fourth-order valence-corrected chi connectivity index (χ4v) is 3.94. The van der Waals surface area contributed by atoms with Crippen LogP contribution in [0.2, 0.25) is 5.02 Å². The molecule has 3 heterocycles. The molecule has 0 radical (unpaired) electrons. The Labute approximate surface area is 168 Å². The normalized spacial score (nSPS) is 20.1. The average Bonchev–Trinajstić information content (AvgIpc) is 3.20. The van der Waals surface area contributed by atoms with Crippen molar-refractivity contribution >= 4 is 17.3 Å². The molecule has 5 rings (SSSR count).